The zero-order valence-corrected chi connectivity index (χ0v) is 11.1. The van der Waals surface area contributed by atoms with Gasteiger partial charge in [0.05, 0.1) is 5.56 Å². The first kappa shape index (κ1) is 14.7. The minimum Gasteiger partial charge on any atom is -0.456 e. The summed E-state index contributed by atoms with van der Waals surface area (Å²) in [5.41, 5.74) is 0.988. The number of carbonyl (C=O) groups excluding carboxylic acids is 1. The van der Waals surface area contributed by atoms with Gasteiger partial charge < -0.3 is 14.5 Å². The number of hydrogen-bond donors (Lipinski definition) is 2. The molecule has 0 aliphatic heterocycles. The maximum absolute atomic E-state index is 12.0. The van der Waals surface area contributed by atoms with Gasteiger partial charge in [0.1, 0.15) is 5.60 Å². The summed E-state index contributed by atoms with van der Waals surface area (Å²) in [6.07, 6.45) is 0. The average Bonchev–Trinajstić information content (AvgIpc) is 2.26. The molecule has 0 radical (unpaired) electrons. The van der Waals surface area contributed by atoms with Gasteiger partial charge in [-0.1, -0.05) is 12.1 Å². The smallest absolute Gasteiger partial charge is 0.456 e. The summed E-state index contributed by atoms with van der Waals surface area (Å²) in [6, 6.07) is 4.86. The first-order valence-electron chi connectivity index (χ1n) is 5.62. The lowest BCUT2D eigenvalue weighted by atomic mass is 9.78. The van der Waals surface area contributed by atoms with E-state index in [2.05, 4.69) is 4.76 Å². The third-order valence-corrected chi connectivity index (χ3v) is 2.29. The Morgan fingerprint density at radius 3 is 2.50 bits per heavy atom. The van der Waals surface area contributed by atoms with E-state index < -0.39 is 18.7 Å². The molecule has 0 saturated carbocycles. The molecule has 3 N–H and O–H groups in total. The van der Waals surface area contributed by atoms with E-state index in [4.69, 9.17) is 10.6 Å². The highest BCUT2D eigenvalue weighted by molar-refractivity contribution is 6.59. The maximum Gasteiger partial charge on any atom is 0.508 e. The van der Waals surface area contributed by atoms with E-state index in [-0.39, 0.29) is 0 Å². The molecule has 1 aromatic carbocycles. The van der Waals surface area contributed by atoms with Crippen molar-refractivity contribution in [1.82, 2.24) is 0 Å². The molecule has 18 heavy (non-hydrogen) atoms. The van der Waals surface area contributed by atoms with E-state index >= 15 is 0 Å². The molecule has 0 fully saturated rings. The summed E-state index contributed by atoms with van der Waals surface area (Å²) in [5, 5.41) is 9.46. The Morgan fingerprint density at radius 1 is 1.39 bits per heavy atom. The number of rotatable bonds is 3. The minimum atomic E-state index is -1.26. The second-order valence-corrected chi connectivity index (χ2v) is 5.06. The maximum atomic E-state index is 12.0. The minimum absolute atomic E-state index is 0.388. The Labute approximate surface area is 107 Å². The van der Waals surface area contributed by atoms with Crippen LogP contribution in [0.25, 0.3) is 0 Å². The van der Waals surface area contributed by atoms with Crippen LogP contribution in [-0.2, 0) is 9.49 Å². The van der Waals surface area contributed by atoms with Crippen LogP contribution in [0.15, 0.2) is 18.2 Å². The molecule has 98 valence electrons. The Kier molecular flexibility index (Phi) is 4.50. The van der Waals surface area contributed by atoms with Crippen LogP contribution < -0.4 is 11.4 Å². The van der Waals surface area contributed by atoms with Gasteiger partial charge in [-0.2, -0.15) is 0 Å². The van der Waals surface area contributed by atoms with Crippen molar-refractivity contribution in [2.45, 2.75) is 33.3 Å². The molecule has 5 nitrogen and oxygen atoms in total. The quantitative estimate of drug-likeness (QED) is 0.465. The lowest BCUT2D eigenvalue weighted by molar-refractivity contribution is 0.00689. The van der Waals surface area contributed by atoms with Crippen molar-refractivity contribution in [3.05, 3.63) is 29.3 Å². The molecule has 0 aromatic heterocycles. The van der Waals surface area contributed by atoms with Gasteiger partial charge in [0.2, 0.25) is 0 Å². The van der Waals surface area contributed by atoms with Gasteiger partial charge in [-0.25, -0.2) is 10.7 Å². The molecule has 0 atom stereocenters. The van der Waals surface area contributed by atoms with E-state index in [1.807, 2.05) is 0 Å². The summed E-state index contributed by atoms with van der Waals surface area (Å²) in [7, 11) is -1.26. The Balaban J connectivity index is 3.04. The van der Waals surface area contributed by atoms with Gasteiger partial charge in [0.25, 0.3) is 0 Å². The van der Waals surface area contributed by atoms with Crippen molar-refractivity contribution < 1.29 is 19.3 Å². The van der Waals surface area contributed by atoms with Crippen LogP contribution in [0, 0.1) is 6.92 Å². The normalized spacial score (nSPS) is 11.2. The van der Waals surface area contributed by atoms with E-state index in [0.29, 0.717) is 11.0 Å². The van der Waals surface area contributed by atoms with Crippen LogP contribution in [0.1, 0.15) is 36.7 Å². The summed E-state index contributed by atoms with van der Waals surface area (Å²) in [5.74, 6) is 4.47. The van der Waals surface area contributed by atoms with E-state index in [1.165, 1.54) is 6.07 Å². The molecule has 0 saturated heterocycles. The fourth-order valence-corrected chi connectivity index (χ4v) is 1.42. The van der Waals surface area contributed by atoms with Crippen molar-refractivity contribution >= 4 is 18.6 Å². The summed E-state index contributed by atoms with van der Waals surface area (Å²) in [6.45, 7) is 7.17. The molecule has 1 aromatic rings. The average molecular weight is 251 g/mol. The zero-order chi connectivity index (χ0) is 13.9. The van der Waals surface area contributed by atoms with Crippen LogP contribution in [0.4, 0.5) is 0 Å². The number of hydrogen-bond acceptors (Lipinski definition) is 5. The molecule has 0 bridgehead atoms. The Bertz CT molecular complexity index is 442. The first-order chi connectivity index (χ1) is 8.24. The molecule has 0 heterocycles. The fourth-order valence-electron chi connectivity index (χ4n) is 1.42. The predicted octanol–water partition coefficient (Wildman–Crippen LogP) is 0.528. The Morgan fingerprint density at radius 2 is 2.00 bits per heavy atom. The number of esters is 1. The molecule has 1 rings (SSSR count). The van der Waals surface area contributed by atoms with Crippen molar-refractivity contribution in [2.75, 3.05) is 0 Å². The standard InChI is InChI=1S/C12H18BNO4/c1-8-5-6-9(13(16)18-14)7-10(8)11(15)17-12(2,3)4/h5-7,16H,14H2,1-4H3. The van der Waals surface area contributed by atoms with Gasteiger partial charge in [0.15, 0.2) is 0 Å². The third-order valence-electron chi connectivity index (χ3n) is 2.29. The number of benzene rings is 1. The van der Waals surface area contributed by atoms with Gasteiger partial charge >= 0.3 is 13.1 Å². The van der Waals surface area contributed by atoms with E-state index in [0.717, 1.165) is 5.56 Å². The third kappa shape index (κ3) is 3.84. The van der Waals surface area contributed by atoms with Crippen LogP contribution in [0.3, 0.4) is 0 Å². The van der Waals surface area contributed by atoms with Gasteiger partial charge in [0, 0.05) is 0 Å². The number of aryl methyl sites for hydroxylation is 1. The van der Waals surface area contributed by atoms with Crippen molar-refractivity contribution in [3.8, 4) is 0 Å². The van der Waals surface area contributed by atoms with Gasteiger partial charge in [-0.3, -0.25) is 0 Å². The highest BCUT2D eigenvalue weighted by atomic mass is 16.6. The van der Waals surface area contributed by atoms with Crippen LogP contribution in [-0.4, -0.2) is 23.7 Å². The van der Waals surface area contributed by atoms with Gasteiger partial charge in [-0.15, -0.1) is 0 Å². The summed E-state index contributed by atoms with van der Waals surface area (Å²) in [4.78, 5) is 12.0. The molecular formula is C12H18BNO4. The van der Waals surface area contributed by atoms with Crippen LogP contribution >= 0.6 is 0 Å². The predicted molar refractivity (Wildman–Crippen MR) is 69.2 cm³/mol. The van der Waals surface area contributed by atoms with Crippen molar-refractivity contribution in [2.24, 2.45) is 5.90 Å². The lowest BCUT2D eigenvalue weighted by Crippen LogP contribution is -2.37. The number of nitrogens with two attached hydrogens (primary N) is 1. The molecule has 0 spiro atoms. The topological polar surface area (TPSA) is 81.8 Å². The van der Waals surface area contributed by atoms with Gasteiger partial charge in [-0.05, 0) is 44.8 Å². The Hall–Kier alpha value is -1.37. The highest BCUT2D eigenvalue weighted by Gasteiger charge is 2.22. The monoisotopic (exact) mass is 251 g/mol. The van der Waals surface area contributed by atoms with Crippen molar-refractivity contribution in [3.63, 3.8) is 0 Å². The second-order valence-electron chi connectivity index (χ2n) is 5.06. The lowest BCUT2D eigenvalue weighted by Gasteiger charge is -2.20. The highest BCUT2D eigenvalue weighted by Crippen LogP contribution is 2.14. The zero-order valence-electron chi connectivity index (χ0n) is 11.1. The molecule has 6 heteroatoms. The van der Waals surface area contributed by atoms with Crippen LogP contribution in [0.5, 0.6) is 0 Å². The second kappa shape index (κ2) is 5.52. The fraction of sp³-hybridized carbons (Fsp3) is 0.417. The largest absolute Gasteiger partial charge is 0.508 e. The first-order valence-corrected chi connectivity index (χ1v) is 5.62. The van der Waals surface area contributed by atoms with Crippen molar-refractivity contribution in [1.29, 1.82) is 0 Å². The number of carbonyl (C=O) groups is 1. The number of ether oxygens (including phenoxy) is 1. The molecule has 0 unspecified atom stereocenters. The van der Waals surface area contributed by atoms with E-state index in [9.17, 15) is 9.82 Å². The summed E-state index contributed by atoms with van der Waals surface area (Å²) >= 11 is 0. The molecule has 0 amide bonds. The van der Waals surface area contributed by atoms with E-state index in [1.54, 1.807) is 39.8 Å². The summed E-state index contributed by atoms with van der Waals surface area (Å²) < 4.78 is 9.60. The molecule has 0 aliphatic rings. The molecule has 0 aliphatic carbocycles. The molecular weight excluding hydrogens is 233 g/mol. The SMILES string of the molecule is Cc1ccc(B(O)ON)cc1C(=O)OC(C)(C)C. The van der Waals surface area contributed by atoms with Crippen LogP contribution in [0.2, 0.25) is 0 Å².